The first-order chi connectivity index (χ1) is 11.6. The van der Waals surface area contributed by atoms with Crippen molar-refractivity contribution in [2.24, 2.45) is 0 Å². The fourth-order valence-electron chi connectivity index (χ4n) is 3.01. The Kier molecular flexibility index (Phi) is 3.73. The fourth-order valence-corrected chi connectivity index (χ4v) is 4.16. The molecule has 1 heterocycles. The third-order valence-corrected chi connectivity index (χ3v) is 6.08. The molecule has 6 heteroatoms. The minimum absolute atomic E-state index is 0.141. The summed E-state index contributed by atoms with van der Waals surface area (Å²) in [5.41, 5.74) is 0.958. The maximum atomic E-state index is 12.4. The lowest BCUT2D eigenvalue weighted by molar-refractivity contribution is 0.171. The molecule has 24 heavy (non-hydrogen) atoms. The zero-order valence-corrected chi connectivity index (χ0v) is 14.0. The summed E-state index contributed by atoms with van der Waals surface area (Å²) < 4.78 is 38.8. The average Bonchev–Trinajstić information content (AvgIpc) is 3.42. The molecule has 2 aromatic carbocycles. The fraction of sp³-hybridized carbons (Fsp3) is 0.333. The topological polar surface area (TPSA) is 64.6 Å². The Morgan fingerprint density at radius 2 is 1.67 bits per heavy atom. The van der Waals surface area contributed by atoms with E-state index in [9.17, 15) is 8.42 Å². The predicted molar refractivity (Wildman–Crippen MR) is 90.0 cm³/mol. The van der Waals surface area contributed by atoms with Crippen molar-refractivity contribution in [1.82, 2.24) is 4.72 Å². The Bertz CT molecular complexity index is 845. The van der Waals surface area contributed by atoms with E-state index in [1.807, 2.05) is 18.2 Å². The Morgan fingerprint density at radius 1 is 0.958 bits per heavy atom. The highest BCUT2D eigenvalue weighted by Gasteiger charge is 2.45. The van der Waals surface area contributed by atoms with Crippen molar-refractivity contribution in [2.45, 2.75) is 23.2 Å². The van der Waals surface area contributed by atoms with Crippen LogP contribution in [0.1, 0.15) is 18.4 Å². The Balaban J connectivity index is 1.52. The molecule has 1 fully saturated rings. The lowest BCUT2D eigenvalue weighted by Gasteiger charge is -2.22. The van der Waals surface area contributed by atoms with Crippen LogP contribution in [0.2, 0.25) is 0 Å². The summed E-state index contributed by atoms with van der Waals surface area (Å²) in [6.07, 6.45) is 1.92. The van der Waals surface area contributed by atoms with Gasteiger partial charge in [-0.2, -0.15) is 0 Å². The summed E-state index contributed by atoms with van der Waals surface area (Å²) >= 11 is 0. The molecular formula is C18H19NO4S. The van der Waals surface area contributed by atoms with Crippen LogP contribution in [0.5, 0.6) is 11.5 Å². The number of fused-ring (bicyclic) bond motifs is 1. The summed E-state index contributed by atoms with van der Waals surface area (Å²) in [6.45, 7) is 1.50. The molecule has 1 aliphatic carbocycles. The van der Waals surface area contributed by atoms with Gasteiger partial charge in [0.05, 0.1) is 4.90 Å². The van der Waals surface area contributed by atoms with E-state index in [1.54, 1.807) is 30.3 Å². The van der Waals surface area contributed by atoms with Gasteiger partial charge in [-0.3, -0.25) is 0 Å². The van der Waals surface area contributed by atoms with Crippen molar-refractivity contribution in [3.63, 3.8) is 0 Å². The number of hydrogen-bond acceptors (Lipinski definition) is 4. The molecule has 0 saturated heterocycles. The van der Waals surface area contributed by atoms with E-state index in [0.717, 1.165) is 29.9 Å². The third-order valence-electron chi connectivity index (χ3n) is 4.66. The summed E-state index contributed by atoms with van der Waals surface area (Å²) in [7, 11) is -3.48. The number of rotatable bonds is 5. The van der Waals surface area contributed by atoms with Crippen molar-refractivity contribution in [3.05, 3.63) is 54.1 Å². The molecular weight excluding hydrogens is 326 g/mol. The van der Waals surface area contributed by atoms with Crippen LogP contribution in [0, 0.1) is 0 Å². The van der Waals surface area contributed by atoms with E-state index >= 15 is 0 Å². The molecule has 126 valence electrons. The number of ether oxygens (including phenoxy) is 2. The minimum atomic E-state index is -3.48. The van der Waals surface area contributed by atoms with Crippen LogP contribution in [0.3, 0.4) is 0 Å². The molecule has 0 radical (unpaired) electrons. The Hall–Kier alpha value is -2.05. The van der Waals surface area contributed by atoms with Crippen molar-refractivity contribution in [3.8, 4) is 11.5 Å². The van der Waals surface area contributed by atoms with Gasteiger partial charge in [-0.15, -0.1) is 0 Å². The molecule has 0 unspecified atom stereocenters. The number of sulfonamides is 1. The van der Waals surface area contributed by atoms with Gasteiger partial charge in [0.1, 0.15) is 13.2 Å². The zero-order valence-electron chi connectivity index (χ0n) is 13.2. The van der Waals surface area contributed by atoms with Gasteiger partial charge >= 0.3 is 0 Å². The molecule has 0 atom stereocenters. The van der Waals surface area contributed by atoms with Crippen LogP contribution in [0.15, 0.2) is 53.4 Å². The highest BCUT2D eigenvalue weighted by atomic mass is 32.2. The van der Waals surface area contributed by atoms with Crippen LogP contribution in [0.25, 0.3) is 0 Å². The SMILES string of the molecule is O=S(=O)(NCC1(c2ccc3c(c2)OCCO3)CC1)c1ccccc1. The van der Waals surface area contributed by atoms with Gasteiger partial charge < -0.3 is 9.47 Å². The van der Waals surface area contributed by atoms with E-state index in [0.29, 0.717) is 24.7 Å². The lowest BCUT2D eigenvalue weighted by atomic mass is 9.96. The largest absolute Gasteiger partial charge is 0.486 e. The third kappa shape index (κ3) is 2.87. The molecule has 1 saturated carbocycles. The standard InChI is InChI=1S/C18H19NO4S/c20-24(21,15-4-2-1-3-5-15)19-13-18(8-9-18)14-6-7-16-17(12-14)23-11-10-22-16/h1-7,12,19H,8-11,13H2. The van der Waals surface area contributed by atoms with Gasteiger partial charge in [0.25, 0.3) is 0 Å². The van der Waals surface area contributed by atoms with Gasteiger partial charge in [0.2, 0.25) is 10.0 Å². The number of benzene rings is 2. The second-order valence-electron chi connectivity index (χ2n) is 6.28. The number of hydrogen-bond donors (Lipinski definition) is 1. The van der Waals surface area contributed by atoms with Gasteiger partial charge in [0, 0.05) is 12.0 Å². The van der Waals surface area contributed by atoms with E-state index in [1.165, 1.54) is 0 Å². The monoisotopic (exact) mass is 345 g/mol. The molecule has 2 aliphatic rings. The molecule has 5 nitrogen and oxygen atoms in total. The highest BCUT2D eigenvalue weighted by molar-refractivity contribution is 7.89. The van der Waals surface area contributed by atoms with Gasteiger partial charge in [-0.25, -0.2) is 13.1 Å². The van der Waals surface area contributed by atoms with Crippen molar-refractivity contribution >= 4 is 10.0 Å². The van der Waals surface area contributed by atoms with Crippen LogP contribution in [0.4, 0.5) is 0 Å². The molecule has 0 amide bonds. The van der Waals surface area contributed by atoms with E-state index in [-0.39, 0.29) is 5.41 Å². The predicted octanol–water partition coefficient (Wildman–Crippen LogP) is 2.47. The molecule has 1 aliphatic heterocycles. The maximum Gasteiger partial charge on any atom is 0.240 e. The van der Waals surface area contributed by atoms with Crippen LogP contribution in [-0.4, -0.2) is 28.2 Å². The van der Waals surface area contributed by atoms with E-state index in [4.69, 9.17) is 9.47 Å². The molecule has 0 bridgehead atoms. The minimum Gasteiger partial charge on any atom is -0.486 e. The average molecular weight is 345 g/mol. The maximum absolute atomic E-state index is 12.4. The molecule has 0 spiro atoms. The second kappa shape index (κ2) is 5.79. The lowest BCUT2D eigenvalue weighted by Crippen LogP contribution is -2.32. The number of nitrogens with one attached hydrogen (secondary N) is 1. The Morgan fingerprint density at radius 3 is 2.38 bits per heavy atom. The summed E-state index contributed by atoms with van der Waals surface area (Å²) in [4.78, 5) is 0.294. The van der Waals surface area contributed by atoms with Gasteiger partial charge in [-0.05, 0) is 42.7 Å². The summed E-state index contributed by atoms with van der Waals surface area (Å²) in [5, 5.41) is 0. The van der Waals surface area contributed by atoms with Crippen LogP contribution in [-0.2, 0) is 15.4 Å². The first-order valence-corrected chi connectivity index (χ1v) is 9.52. The smallest absolute Gasteiger partial charge is 0.240 e. The Labute approximate surface area is 141 Å². The molecule has 4 rings (SSSR count). The van der Waals surface area contributed by atoms with Gasteiger partial charge in [-0.1, -0.05) is 24.3 Å². The van der Waals surface area contributed by atoms with Crippen LogP contribution >= 0.6 is 0 Å². The van der Waals surface area contributed by atoms with Crippen molar-refractivity contribution in [1.29, 1.82) is 0 Å². The first kappa shape index (κ1) is 15.5. The quantitative estimate of drug-likeness (QED) is 0.904. The summed E-state index contributed by atoms with van der Waals surface area (Å²) in [5.74, 6) is 1.50. The highest BCUT2D eigenvalue weighted by Crippen LogP contribution is 2.49. The normalized spacial score (nSPS) is 18.2. The van der Waals surface area contributed by atoms with Crippen molar-refractivity contribution < 1.29 is 17.9 Å². The summed E-state index contributed by atoms with van der Waals surface area (Å²) in [6, 6.07) is 14.4. The first-order valence-electron chi connectivity index (χ1n) is 8.04. The van der Waals surface area contributed by atoms with Crippen molar-refractivity contribution in [2.75, 3.05) is 19.8 Å². The second-order valence-corrected chi connectivity index (χ2v) is 8.04. The molecule has 1 N–H and O–H groups in total. The molecule has 0 aromatic heterocycles. The van der Waals surface area contributed by atoms with E-state index < -0.39 is 10.0 Å². The van der Waals surface area contributed by atoms with E-state index in [2.05, 4.69) is 4.72 Å². The van der Waals surface area contributed by atoms with Gasteiger partial charge in [0.15, 0.2) is 11.5 Å². The zero-order chi connectivity index (χ0) is 16.6. The van der Waals surface area contributed by atoms with Crippen LogP contribution < -0.4 is 14.2 Å². The molecule has 2 aromatic rings.